The number of nitrogens with zero attached hydrogens (tertiary/aromatic N) is 4. The highest BCUT2D eigenvalue weighted by molar-refractivity contribution is 5.91. The van der Waals surface area contributed by atoms with Crippen LogP contribution in [-0.4, -0.2) is 75.5 Å². The van der Waals surface area contributed by atoms with Gasteiger partial charge in [0.25, 0.3) is 0 Å². The number of rotatable bonds is 7. The number of aromatic nitrogens is 2. The van der Waals surface area contributed by atoms with Crippen LogP contribution in [-0.2, 0) is 4.79 Å². The summed E-state index contributed by atoms with van der Waals surface area (Å²) in [6.07, 6.45) is 3.95. The van der Waals surface area contributed by atoms with Crippen LogP contribution >= 0.6 is 0 Å². The molecular formula is C18H31N5O2. The first-order chi connectivity index (χ1) is 11.9. The largest absolute Gasteiger partial charge is 0.392 e. The Morgan fingerprint density at radius 3 is 2.80 bits per heavy atom. The molecule has 0 aromatic carbocycles. The highest BCUT2D eigenvalue weighted by Crippen LogP contribution is 2.40. The van der Waals surface area contributed by atoms with Crippen molar-refractivity contribution in [3.63, 3.8) is 0 Å². The average molecular weight is 349 g/mol. The third-order valence-electron chi connectivity index (χ3n) is 5.34. The van der Waals surface area contributed by atoms with Crippen LogP contribution in [0.2, 0.25) is 0 Å². The Balaban J connectivity index is 1.49. The molecule has 25 heavy (non-hydrogen) atoms. The molecule has 1 aliphatic carbocycles. The second-order valence-corrected chi connectivity index (χ2v) is 7.72. The van der Waals surface area contributed by atoms with E-state index in [9.17, 15) is 9.90 Å². The van der Waals surface area contributed by atoms with E-state index < -0.39 is 0 Å². The van der Waals surface area contributed by atoms with Crippen LogP contribution in [0, 0.1) is 5.92 Å². The first kappa shape index (κ1) is 18.4. The molecule has 2 heterocycles. The minimum absolute atomic E-state index is 0.0147. The Bertz CT molecular complexity index is 584. The van der Waals surface area contributed by atoms with Gasteiger partial charge >= 0.3 is 0 Å². The number of nitrogens with one attached hydrogen (secondary N) is 1. The second kappa shape index (κ2) is 7.85. The van der Waals surface area contributed by atoms with E-state index in [2.05, 4.69) is 34.1 Å². The molecule has 140 valence electrons. The van der Waals surface area contributed by atoms with Crippen molar-refractivity contribution in [2.75, 3.05) is 38.0 Å². The Kier molecular flexibility index (Phi) is 5.76. The lowest BCUT2D eigenvalue weighted by atomic mass is 10.1. The maximum Gasteiger partial charge on any atom is 0.239 e. The molecule has 1 aromatic rings. The lowest BCUT2D eigenvalue weighted by Gasteiger charge is -2.40. The predicted octanol–water partition coefficient (Wildman–Crippen LogP) is 1.18. The molecule has 7 heteroatoms. The van der Waals surface area contributed by atoms with Gasteiger partial charge in [0.1, 0.15) is 5.82 Å². The van der Waals surface area contributed by atoms with E-state index in [1.807, 2.05) is 17.7 Å². The van der Waals surface area contributed by atoms with E-state index >= 15 is 0 Å². The first-order valence-corrected chi connectivity index (χ1v) is 9.42. The fourth-order valence-corrected chi connectivity index (χ4v) is 3.73. The van der Waals surface area contributed by atoms with Crippen LogP contribution < -0.4 is 5.32 Å². The van der Waals surface area contributed by atoms with Gasteiger partial charge in [0, 0.05) is 38.3 Å². The smallest absolute Gasteiger partial charge is 0.239 e. The summed E-state index contributed by atoms with van der Waals surface area (Å²) in [7, 11) is 0. The van der Waals surface area contributed by atoms with Crippen LogP contribution in [0.25, 0.3) is 0 Å². The van der Waals surface area contributed by atoms with Crippen LogP contribution in [0.5, 0.6) is 0 Å². The molecule has 1 saturated carbocycles. The summed E-state index contributed by atoms with van der Waals surface area (Å²) in [5, 5.41) is 17.0. The highest BCUT2D eigenvalue weighted by atomic mass is 16.3. The van der Waals surface area contributed by atoms with Gasteiger partial charge in [0.05, 0.1) is 24.9 Å². The standard InChI is InChI=1S/C18H31N5O2/c1-13-10-21(8-9-22(13)11-14(2)24)12-18(25)20-17-6-7-19-23(17)15(3)16-4-5-16/h6-7,13-16,24H,4-5,8-12H2,1-3H3,(H,20,25)/t13-,14+,15-/m1/s1. The van der Waals surface area contributed by atoms with Gasteiger partial charge in [-0.2, -0.15) is 5.10 Å². The van der Waals surface area contributed by atoms with E-state index in [1.54, 1.807) is 6.20 Å². The minimum Gasteiger partial charge on any atom is -0.392 e. The fraction of sp³-hybridized carbons (Fsp3) is 0.778. The maximum absolute atomic E-state index is 12.5. The van der Waals surface area contributed by atoms with Crippen molar-refractivity contribution in [3.05, 3.63) is 12.3 Å². The number of hydrogen-bond donors (Lipinski definition) is 2. The van der Waals surface area contributed by atoms with Crippen molar-refractivity contribution in [2.45, 2.75) is 51.8 Å². The van der Waals surface area contributed by atoms with E-state index in [0.29, 0.717) is 31.1 Å². The summed E-state index contributed by atoms with van der Waals surface area (Å²) in [5.41, 5.74) is 0. The molecule has 7 nitrogen and oxygen atoms in total. The number of carbonyl (C=O) groups excluding carboxylic acids is 1. The Hall–Kier alpha value is -1.44. The summed E-state index contributed by atoms with van der Waals surface area (Å²) < 4.78 is 1.94. The van der Waals surface area contributed by atoms with Crippen LogP contribution in [0.4, 0.5) is 5.82 Å². The Labute approximate surface area is 150 Å². The highest BCUT2D eigenvalue weighted by Gasteiger charge is 2.31. The van der Waals surface area contributed by atoms with Crippen molar-refractivity contribution in [1.29, 1.82) is 0 Å². The van der Waals surface area contributed by atoms with E-state index in [4.69, 9.17) is 0 Å². The van der Waals surface area contributed by atoms with E-state index in [1.165, 1.54) is 12.8 Å². The normalized spacial score (nSPS) is 24.9. The molecule has 0 radical (unpaired) electrons. The average Bonchev–Trinajstić information content (AvgIpc) is 3.29. The molecule has 1 aliphatic heterocycles. The van der Waals surface area contributed by atoms with Crippen molar-refractivity contribution in [3.8, 4) is 0 Å². The predicted molar refractivity (Wildman–Crippen MR) is 97.4 cm³/mol. The number of piperazine rings is 1. The molecule has 1 amide bonds. The van der Waals surface area contributed by atoms with Gasteiger partial charge in [0.15, 0.2) is 0 Å². The number of β-amino-alcohol motifs (C(OH)–C–C–N with tert-alkyl or cyclic N) is 1. The van der Waals surface area contributed by atoms with Crippen molar-refractivity contribution in [1.82, 2.24) is 19.6 Å². The number of anilines is 1. The van der Waals surface area contributed by atoms with E-state index in [0.717, 1.165) is 25.5 Å². The van der Waals surface area contributed by atoms with Gasteiger partial charge in [-0.25, -0.2) is 4.68 Å². The van der Waals surface area contributed by atoms with Crippen molar-refractivity contribution >= 4 is 11.7 Å². The Morgan fingerprint density at radius 2 is 2.16 bits per heavy atom. The molecule has 3 rings (SSSR count). The van der Waals surface area contributed by atoms with Crippen LogP contribution in [0.3, 0.4) is 0 Å². The maximum atomic E-state index is 12.5. The molecule has 1 saturated heterocycles. The van der Waals surface area contributed by atoms with Crippen LogP contribution in [0.15, 0.2) is 12.3 Å². The SMILES string of the molecule is C[C@H](O)CN1CCN(CC(=O)Nc2ccnn2[C@H](C)C2CC2)C[C@H]1C. The number of carbonyl (C=O) groups is 1. The van der Waals surface area contributed by atoms with Gasteiger partial charge in [-0.3, -0.25) is 14.6 Å². The van der Waals surface area contributed by atoms with Gasteiger partial charge in [-0.05, 0) is 39.5 Å². The number of amides is 1. The molecule has 2 fully saturated rings. The molecule has 0 spiro atoms. The number of hydrogen-bond acceptors (Lipinski definition) is 5. The zero-order chi connectivity index (χ0) is 18.0. The minimum atomic E-state index is -0.314. The molecule has 0 bridgehead atoms. The zero-order valence-corrected chi connectivity index (χ0v) is 15.6. The summed E-state index contributed by atoms with van der Waals surface area (Å²) in [4.78, 5) is 16.9. The van der Waals surface area contributed by atoms with E-state index in [-0.39, 0.29) is 12.0 Å². The fourth-order valence-electron chi connectivity index (χ4n) is 3.73. The van der Waals surface area contributed by atoms with Gasteiger partial charge in [-0.1, -0.05) is 0 Å². The van der Waals surface area contributed by atoms with Crippen molar-refractivity contribution in [2.24, 2.45) is 5.92 Å². The molecule has 2 N–H and O–H groups in total. The van der Waals surface area contributed by atoms with Gasteiger partial charge in [0.2, 0.25) is 5.91 Å². The lowest BCUT2D eigenvalue weighted by molar-refractivity contribution is -0.118. The summed E-state index contributed by atoms with van der Waals surface area (Å²) >= 11 is 0. The molecule has 0 unspecified atom stereocenters. The monoisotopic (exact) mass is 349 g/mol. The van der Waals surface area contributed by atoms with Gasteiger partial charge in [-0.15, -0.1) is 0 Å². The summed E-state index contributed by atoms with van der Waals surface area (Å²) in [5.74, 6) is 1.50. The zero-order valence-electron chi connectivity index (χ0n) is 15.6. The third kappa shape index (κ3) is 4.80. The third-order valence-corrected chi connectivity index (χ3v) is 5.34. The number of aliphatic hydroxyl groups is 1. The lowest BCUT2D eigenvalue weighted by Crippen LogP contribution is -2.54. The first-order valence-electron chi connectivity index (χ1n) is 9.42. The van der Waals surface area contributed by atoms with Crippen molar-refractivity contribution < 1.29 is 9.90 Å². The van der Waals surface area contributed by atoms with Crippen LogP contribution in [0.1, 0.15) is 39.7 Å². The molecule has 3 atom stereocenters. The number of aliphatic hydroxyl groups excluding tert-OH is 1. The quantitative estimate of drug-likeness (QED) is 0.773. The summed E-state index contributed by atoms with van der Waals surface area (Å²) in [6.45, 7) is 9.81. The topological polar surface area (TPSA) is 73.6 Å². The Morgan fingerprint density at radius 1 is 1.40 bits per heavy atom. The second-order valence-electron chi connectivity index (χ2n) is 7.72. The summed E-state index contributed by atoms with van der Waals surface area (Å²) in [6, 6.07) is 2.56. The molecular weight excluding hydrogens is 318 g/mol. The molecule has 2 aliphatic rings. The molecule has 1 aromatic heterocycles. The van der Waals surface area contributed by atoms with Gasteiger partial charge < -0.3 is 10.4 Å².